The number of hydrogen-bond acceptors (Lipinski definition) is 4. The Kier molecular flexibility index (Phi) is 2.40. The van der Waals surface area contributed by atoms with Crippen LogP contribution in [-0.4, -0.2) is 25.9 Å². The van der Waals surface area contributed by atoms with Crippen LogP contribution in [0.5, 0.6) is 0 Å². The topological polar surface area (TPSA) is 72.7 Å². The van der Waals surface area contributed by atoms with Gasteiger partial charge < -0.3 is 5.32 Å². The number of nitrogens with zero attached hydrogens (tertiary/aromatic N) is 4. The number of hydrogen-bond donors (Lipinski definition) is 1. The normalized spacial score (nSPS) is 9.93. The number of pyridine rings is 1. The van der Waals surface area contributed by atoms with Gasteiger partial charge in [-0.05, 0) is 12.1 Å². The molecule has 2 rings (SSSR count). The summed E-state index contributed by atoms with van der Waals surface area (Å²) >= 11 is 0. The van der Waals surface area contributed by atoms with Crippen LogP contribution in [-0.2, 0) is 7.05 Å². The fraction of sp³-hybridized carbons (Fsp3) is 0.111. The first kappa shape index (κ1) is 9.32. The number of aromatic nitrogens is 4. The predicted octanol–water partition coefficient (Wildman–Crippen LogP) is 0.462. The van der Waals surface area contributed by atoms with Gasteiger partial charge in [-0.15, -0.1) is 5.10 Å². The molecule has 2 heterocycles. The van der Waals surface area contributed by atoms with Crippen molar-refractivity contribution in [3.63, 3.8) is 0 Å². The zero-order chi connectivity index (χ0) is 10.7. The summed E-state index contributed by atoms with van der Waals surface area (Å²) in [5, 5.41) is 10.0. The molecule has 1 amide bonds. The van der Waals surface area contributed by atoms with Crippen LogP contribution in [0.4, 0.5) is 5.82 Å². The first-order valence-corrected chi connectivity index (χ1v) is 4.34. The van der Waals surface area contributed by atoms with Gasteiger partial charge in [-0.1, -0.05) is 11.3 Å². The molecule has 76 valence electrons. The van der Waals surface area contributed by atoms with E-state index in [9.17, 15) is 4.79 Å². The minimum Gasteiger partial charge on any atom is -0.302 e. The maximum Gasteiger partial charge on any atom is 0.275 e. The molecule has 0 radical (unpaired) electrons. The van der Waals surface area contributed by atoms with Crippen LogP contribution in [0.25, 0.3) is 0 Å². The largest absolute Gasteiger partial charge is 0.302 e. The number of amides is 1. The zero-order valence-electron chi connectivity index (χ0n) is 8.08. The molecule has 0 atom stereocenters. The molecule has 0 fully saturated rings. The van der Waals surface area contributed by atoms with Crippen LogP contribution in [0.2, 0.25) is 0 Å². The van der Waals surface area contributed by atoms with Crippen molar-refractivity contribution in [2.24, 2.45) is 7.05 Å². The summed E-state index contributed by atoms with van der Waals surface area (Å²) in [6.07, 6.45) is 3.17. The molecular weight excluding hydrogens is 194 g/mol. The average molecular weight is 203 g/mol. The van der Waals surface area contributed by atoms with Gasteiger partial charge in [0.25, 0.3) is 5.91 Å². The molecule has 0 aliphatic carbocycles. The average Bonchev–Trinajstić information content (AvgIpc) is 2.65. The maximum atomic E-state index is 11.6. The summed E-state index contributed by atoms with van der Waals surface area (Å²) in [5.74, 6) is 0.115. The lowest BCUT2D eigenvalue weighted by Crippen LogP contribution is -2.13. The quantitative estimate of drug-likeness (QED) is 0.769. The van der Waals surface area contributed by atoms with Crippen LogP contribution in [0.3, 0.4) is 0 Å². The van der Waals surface area contributed by atoms with Gasteiger partial charge in [0.2, 0.25) is 0 Å². The van der Waals surface area contributed by atoms with E-state index >= 15 is 0 Å². The highest BCUT2D eigenvalue weighted by Crippen LogP contribution is 2.02. The van der Waals surface area contributed by atoms with E-state index in [-0.39, 0.29) is 5.91 Å². The van der Waals surface area contributed by atoms with Crippen molar-refractivity contribution in [3.8, 4) is 0 Å². The fourth-order valence-corrected chi connectivity index (χ4v) is 1.08. The molecule has 2 aromatic heterocycles. The van der Waals surface area contributed by atoms with E-state index in [4.69, 9.17) is 0 Å². The van der Waals surface area contributed by atoms with E-state index in [0.717, 1.165) is 0 Å². The molecule has 0 unspecified atom stereocenters. The number of anilines is 1. The number of aryl methyl sites for hydroxylation is 1. The fourth-order valence-electron chi connectivity index (χ4n) is 1.08. The van der Waals surface area contributed by atoms with E-state index in [0.29, 0.717) is 11.5 Å². The summed E-state index contributed by atoms with van der Waals surface area (Å²) in [4.78, 5) is 15.5. The molecule has 0 aliphatic rings. The molecule has 0 bridgehead atoms. The zero-order valence-corrected chi connectivity index (χ0v) is 8.08. The Balaban J connectivity index is 2.11. The van der Waals surface area contributed by atoms with Crippen molar-refractivity contribution in [1.82, 2.24) is 20.0 Å². The Bertz CT molecular complexity index is 464. The van der Waals surface area contributed by atoms with Gasteiger partial charge in [-0.2, -0.15) is 0 Å². The lowest BCUT2D eigenvalue weighted by molar-refractivity contribution is 0.102. The molecule has 2 aromatic rings. The van der Waals surface area contributed by atoms with Gasteiger partial charge in [-0.25, -0.2) is 0 Å². The SMILES string of the molecule is Cn1cc(NC(=O)c2ccccn2)nn1. The highest BCUT2D eigenvalue weighted by molar-refractivity contribution is 6.02. The van der Waals surface area contributed by atoms with Crippen molar-refractivity contribution in [2.45, 2.75) is 0 Å². The maximum absolute atomic E-state index is 11.6. The van der Waals surface area contributed by atoms with Crippen LogP contribution >= 0.6 is 0 Å². The highest BCUT2D eigenvalue weighted by Gasteiger charge is 2.08. The summed E-state index contributed by atoms with van der Waals surface area (Å²) in [6.45, 7) is 0. The Morgan fingerprint density at radius 3 is 2.93 bits per heavy atom. The van der Waals surface area contributed by atoms with E-state index in [1.54, 1.807) is 37.6 Å². The Hall–Kier alpha value is -2.24. The van der Waals surface area contributed by atoms with Crippen molar-refractivity contribution >= 4 is 11.7 Å². The summed E-state index contributed by atoms with van der Waals surface area (Å²) in [5.41, 5.74) is 0.350. The van der Waals surface area contributed by atoms with Crippen LogP contribution < -0.4 is 5.32 Å². The molecule has 0 saturated carbocycles. The third kappa shape index (κ3) is 2.16. The molecule has 1 N–H and O–H groups in total. The highest BCUT2D eigenvalue weighted by atomic mass is 16.2. The Morgan fingerprint density at radius 1 is 1.47 bits per heavy atom. The standard InChI is InChI=1S/C9H9N5O/c1-14-6-8(12-13-14)11-9(15)7-4-2-3-5-10-7/h2-6H,1H3,(H,11,15). The monoisotopic (exact) mass is 203 g/mol. The molecular formula is C9H9N5O. The lowest BCUT2D eigenvalue weighted by atomic mass is 10.3. The third-order valence-electron chi connectivity index (χ3n) is 1.74. The van der Waals surface area contributed by atoms with Crippen LogP contribution in [0.15, 0.2) is 30.6 Å². The first-order valence-electron chi connectivity index (χ1n) is 4.34. The van der Waals surface area contributed by atoms with Crippen molar-refractivity contribution in [3.05, 3.63) is 36.3 Å². The summed E-state index contributed by atoms with van der Waals surface area (Å²) in [6, 6.07) is 5.13. The van der Waals surface area contributed by atoms with Crippen molar-refractivity contribution in [1.29, 1.82) is 0 Å². The van der Waals surface area contributed by atoms with Gasteiger partial charge in [-0.3, -0.25) is 14.5 Å². The third-order valence-corrected chi connectivity index (χ3v) is 1.74. The van der Waals surface area contributed by atoms with Crippen LogP contribution in [0, 0.1) is 0 Å². The molecule has 15 heavy (non-hydrogen) atoms. The number of rotatable bonds is 2. The van der Waals surface area contributed by atoms with Gasteiger partial charge in [0.05, 0.1) is 6.20 Å². The van der Waals surface area contributed by atoms with Gasteiger partial charge in [0.1, 0.15) is 5.69 Å². The van der Waals surface area contributed by atoms with E-state index < -0.39 is 0 Å². The minimum atomic E-state index is -0.295. The molecule has 6 nitrogen and oxygen atoms in total. The second-order valence-electron chi connectivity index (χ2n) is 2.95. The number of carbonyl (C=O) groups excluding carboxylic acids is 1. The van der Waals surface area contributed by atoms with Gasteiger partial charge in [0.15, 0.2) is 5.82 Å². The minimum absolute atomic E-state index is 0.295. The van der Waals surface area contributed by atoms with Gasteiger partial charge >= 0.3 is 0 Å². The van der Waals surface area contributed by atoms with Gasteiger partial charge in [0, 0.05) is 13.2 Å². The molecule has 0 spiro atoms. The molecule has 0 aromatic carbocycles. The number of nitrogens with one attached hydrogen (secondary N) is 1. The molecule has 0 saturated heterocycles. The van der Waals surface area contributed by atoms with E-state index in [1.165, 1.54) is 4.68 Å². The lowest BCUT2D eigenvalue weighted by Gasteiger charge is -1.98. The predicted molar refractivity (Wildman–Crippen MR) is 53.2 cm³/mol. The molecule has 6 heteroatoms. The smallest absolute Gasteiger partial charge is 0.275 e. The summed E-state index contributed by atoms with van der Waals surface area (Å²) in [7, 11) is 1.73. The molecule has 0 aliphatic heterocycles. The first-order chi connectivity index (χ1) is 7.25. The number of carbonyl (C=O) groups is 1. The second-order valence-corrected chi connectivity index (χ2v) is 2.95. The van der Waals surface area contributed by atoms with Crippen molar-refractivity contribution < 1.29 is 4.79 Å². The van der Waals surface area contributed by atoms with E-state index in [2.05, 4.69) is 20.6 Å². The Labute approximate surface area is 85.9 Å². The van der Waals surface area contributed by atoms with Crippen molar-refractivity contribution in [2.75, 3.05) is 5.32 Å². The van der Waals surface area contributed by atoms with E-state index in [1.807, 2.05) is 0 Å². The second kappa shape index (κ2) is 3.87. The summed E-state index contributed by atoms with van der Waals surface area (Å²) < 4.78 is 1.51. The Morgan fingerprint density at radius 2 is 2.33 bits per heavy atom. The van der Waals surface area contributed by atoms with Crippen LogP contribution in [0.1, 0.15) is 10.5 Å².